The lowest BCUT2D eigenvalue weighted by molar-refractivity contribution is -0.109. The van der Waals surface area contributed by atoms with Crippen molar-refractivity contribution in [3.63, 3.8) is 0 Å². The van der Waals surface area contributed by atoms with Crippen LogP contribution in [0.3, 0.4) is 0 Å². The van der Waals surface area contributed by atoms with Gasteiger partial charge in [0, 0.05) is 25.8 Å². The highest BCUT2D eigenvalue weighted by atomic mass is 32.2. The van der Waals surface area contributed by atoms with E-state index in [2.05, 4.69) is 0 Å². The van der Waals surface area contributed by atoms with Crippen LogP contribution in [0, 0.1) is 0 Å². The Morgan fingerprint density at radius 2 is 1.82 bits per heavy atom. The Bertz CT molecular complexity index is 496. The van der Waals surface area contributed by atoms with E-state index in [-0.39, 0.29) is 16.5 Å². The normalized spacial score (nSPS) is 12.6. The fourth-order valence-corrected chi connectivity index (χ4v) is 2.82. The highest BCUT2D eigenvalue weighted by molar-refractivity contribution is 8.13. The summed E-state index contributed by atoms with van der Waals surface area (Å²) in [5, 5.41) is 0.123. The number of hydrogen-bond donors (Lipinski definition) is 0. The van der Waals surface area contributed by atoms with E-state index in [1.165, 1.54) is 11.8 Å². The molecule has 0 radical (unpaired) electrons. The van der Waals surface area contributed by atoms with Crippen molar-refractivity contribution in [2.75, 3.05) is 13.6 Å². The quantitative estimate of drug-likeness (QED) is 0.812. The van der Waals surface area contributed by atoms with E-state index in [1.807, 2.05) is 51.1 Å². The predicted molar refractivity (Wildman–Crippen MR) is 90.9 cm³/mol. The maximum absolute atomic E-state index is 12.0. The van der Waals surface area contributed by atoms with Crippen molar-refractivity contribution in [2.45, 2.75) is 45.0 Å². The number of nitrogens with zero attached hydrogens (tertiary/aromatic N) is 1. The molecule has 0 spiro atoms. The van der Waals surface area contributed by atoms with Crippen molar-refractivity contribution >= 4 is 23.0 Å². The summed E-state index contributed by atoms with van der Waals surface area (Å²) in [6.07, 6.45) is 0.358. The van der Waals surface area contributed by atoms with Gasteiger partial charge in [-0.3, -0.25) is 4.79 Å². The Morgan fingerprint density at radius 3 is 2.32 bits per heavy atom. The molecule has 0 bridgehead atoms. The Labute approximate surface area is 137 Å². The molecule has 1 aromatic carbocycles. The average Bonchev–Trinajstić information content (AvgIpc) is 2.41. The summed E-state index contributed by atoms with van der Waals surface area (Å²) >= 11 is 1.30. The Hall–Kier alpha value is -1.49. The lowest BCUT2D eigenvalue weighted by Crippen LogP contribution is -2.35. The van der Waals surface area contributed by atoms with Crippen LogP contribution in [-0.4, -0.2) is 35.3 Å². The zero-order valence-electron chi connectivity index (χ0n) is 14.0. The van der Waals surface area contributed by atoms with Crippen LogP contribution in [0.2, 0.25) is 0 Å². The number of amides is 1. The third-order valence-electron chi connectivity index (χ3n) is 2.91. The third-order valence-corrected chi connectivity index (χ3v) is 4.04. The molecule has 0 N–H and O–H groups in total. The number of carbonyl (C=O) groups excluding carboxylic acids is 2. The van der Waals surface area contributed by atoms with E-state index >= 15 is 0 Å². The number of ether oxygens (including phenoxy) is 1. The molecule has 4 nitrogen and oxygen atoms in total. The summed E-state index contributed by atoms with van der Waals surface area (Å²) in [4.78, 5) is 25.0. The van der Waals surface area contributed by atoms with Gasteiger partial charge in [0.15, 0.2) is 5.12 Å². The molecule has 22 heavy (non-hydrogen) atoms. The molecule has 0 saturated carbocycles. The minimum absolute atomic E-state index is 0.0450. The van der Waals surface area contributed by atoms with Gasteiger partial charge in [-0.15, -0.1) is 0 Å². The molecule has 1 atom stereocenters. The van der Waals surface area contributed by atoms with Gasteiger partial charge in [-0.05, 0) is 32.8 Å². The summed E-state index contributed by atoms with van der Waals surface area (Å²) in [5.74, 6) is 0. The molecule has 0 heterocycles. The first-order valence-electron chi connectivity index (χ1n) is 7.35. The van der Waals surface area contributed by atoms with E-state index in [1.54, 1.807) is 18.9 Å². The molecule has 0 aliphatic rings. The summed E-state index contributed by atoms with van der Waals surface area (Å²) in [6, 6.07) is 9.88. The third kappa shape index (κ3) is 6.98. The molecule has 1 amide bonds. The molecule has 1 aromatic rings. The molecular formula is C17H25NO3S. The second-order valence-corrected chi connectivity index (χ2v) is 7.58. The second-order valence-electron chi connectivity index (χ2n) is 6.20. The van der Waals surface area contributed by atoms with Crippen molar-refractivity contribution in [1.82, 2.24) is 4.90 Å². The second kappa shape index (κ2) is 8.22. The van der Waals surface area contributed by atoms with Gasteiger partial charge in [-0.25, -0.2) is 4.79 Å². The summed E-state index contributed by atoms with van der Waals surface area (Å²) in [6.45, 7) is 7.64. The fourth-order valence-electron chi connectivity index (χ4n) is 1.90. The molecular weight excluding hydrogens is 298 g/mol. The highest BCUT2D eigenvalue weighted by Crippen LogP contribution is 2.32. The van der Waals surface area contributed by atoms with Crippen LogP contribution in [0.25, 0.3) is 0 Å². The molecule has 122 valence electrons. The minimum atomic E-state index is -0.502. The largest absolute Gasteiger partial charge is 0.444 e. The van der Waals surface area contributed by atoms with Gasteiger partial charge in [0.2, 0.25) is 0 Å². The van der Waals surface area contributed by atoms with Crippen molar-refractivity contribution in [3.05, 3.63) is 35.9 Å². The van der Waals surface area contributed by atoms with E-state index < -0.39 is 5.60 Å². The first-order chi connectivity index (χ1) is 10.2. The predicted octanol–water partition coefficient (Wildman–Crippen LogP) is 4.26. The maximum Gasteiger partial charge on any atom is 0.410 e. The zero-order chi connectivity index (χ0) is 16.8. The number of carbonyl (C=O) groups is 2. The molecule has 0 aliphatic heterocycles. The van der Waals surface area contributed by atoms with Crippen molar-refractivity contribution in [1.29, 1.82) is 0 Å². The average molecular weight is 323 g/mol. The molecule has 0 saturated heterocycles. The van der Waals surface area contributed by atoms with E-state index in [9.17, 15) is 9.59 Å². The van der Waals surface area contributed by atoms with Crippen LogP contribution < -0.4 is 0 Å². The summed E-state index contributed by atoms with van der Waals surface area (Å²) < 4.78 is 5.33. The Kier molecular flexibility index (Phi) is 6.94. The first-order valence-corrected chi connectivity index (χ1v) is 8.23. The zero-order valence-corrected chi connectivity index (χ0v) is 14.8. The van der Waals surface area contributed by atoms with Crippen LogP contribution in [0.15, 0.2) is 30.3 Å². The molecule has 0 unspecified atom stereocenters. The van der Waals surface area contributed by atoms with Crippen LogP contribution in [0.5, 0.6) is 0 Å². The summed E-state index contributed by atoms with van der Waals surface area (Å²) in [5.41, 5.74) is 0.596. The van der Waals surface area contributed by atoms with Crippen LogP contribution in [-0.2, 0) is 9.53 Å². The first kappa shape index (κ1) is 18.6. The number of benzene rings is 1. The lowest BCUT2D eigenvalue weighted by atomic mass is 10.1. The molecule has 5 heteroatoms. The summed E-state index contributed by atoms with van der Waals surface area (Å²) in [7, 11) is 1.72. The maximum atomic E-state index is 12.0. The highest BCUT2D eigenvalue weighted by Gasteiger charge is 2.21. The van der Waals surface area contributed by atoms with Gasteiger partial charge in [-0.2, -0.15) is 0 Å². The van der Waals surface area contributed by atoms with E-state index in [0.717, 1.165) is 5.56 Å². The van der Waals surface area contributed by atoms with Gasteiger partial charge in [0.25, 0.3) is 0 Å². The van der Waals surface area contributed by atoms with Gasteiger partial charge < -0.3 is 9.64 Å². The van der Waals surface area contributed by atoms with Gasteiger partial charge in [0.05, 0.1) is 0 Å². The van der Waals surface area contributed by atoms with Crippen LogP contribution >= 0.6 is 11.8 Å². The SMILES string of the molecule is CC(=O)S[C@H](CCN(C)C(=O)OC(C)(C)C)c1ccccc1. The monoisotopic (exact) mass is 323 g/mol. The topological polar surface area (TPSA) is 46.6 Å². The molecule has 0 aliphatic carbocycles. The fraction of sp³-hybridized carbons (Fsp3) is 0.529. The Balaban J connectivity index is 2.64. The van der Waals surface area contributed by atoms with Crippen molar-refractivity contribution in [2.24, 2.45) is 0 Å². The molecule has 0 fully saturated rings. The molecule has 1 rings (SSSR count). The number of hydrogen-bond acceptors (Lipinski definition) is 4. The molecule has 0 aromatic heterocycles. The van der Waals surface area contributed by atoms with E-state index in [4.69, 9.17) is 4.74 Å². The van der Waals surface area contributed by atoms with Gasteiger partial charge >= 0.3 is 6.09 Å². The van der Waals surface area contributed by atoms with Crippen molar-refractivity contribution < 1.29 is 14.3 Å². The van der Waals surface area contributed by atoms with Crippen LogP contribution in [0.4, 0.5) is 4.79 Å². The minimum Gasteiger partial charge on any atom is -0.444 e. The van der Waals surface area contributed by atoms with E-state index in [0.29, 0.717) is 13.0 Å². The standard InChI is InChI=1S/C17H25NO3S/c1-13(19)22-15(14-9-7-6-8-10-14)11-12-18(5)16(20)21-17(2,3)4/h6-10,15H,11-12H2,1-5H3/t15-/m1/s1. The Morgan fingerprint density at radius 1 is 1.23 bits per heavy atom. The van der Waals surface area contributed by atoms with Crippen LogP contribution in [0.1, 0.15) is 44.9 Å². The van der Waals surface area contributed by atoms with Gasteiger partial charge in [0.1, 0.15) is 5.60 Å². The lowest BCUT2D eigenvalue weighted by Gasteiger charge is -2.25. The number of rotatable bonds is 5. The van der Waals surface area contributed by atoms with Gasteiger partial charge in [-0.1, -0.05) is 42.1 Å². The smallest absolute Gasteiger partial charge is 0.410 e. The number of thioether (sulfide) groups is 1. The van der Waals surface area contributed by atoms with Crippen molar-refractivity contribution in [3.8, 4) is 0 Å².